The summed E-state index contributed by atoms with van der Waals surface area (Å²) in [7, 11) is 0. The average molecular weight is 228 g/mol. The summed E-state index contributed by atoms with van der Waals surface area (Å²) in [6.45, 7) is 15.6. The molecule has 0 aromatic carbocycles. The average Bonchev–Trinajstić information content (AvgIpc) is 2.80. The summed E-state index contributed by atoms with van der Waals surface area (Å²) >= 11 is 0. The number of hydrogen-bond donors (Lipinski definition) is 0. The van der Waals surface area contributed by atoms with Crippen LogP contribution in [0.25, 0.3) is 0 Å². The van der Waals surface area contributed by atoms with Crippen molar-refractivity contribution in [3.63, 3.8) is 0 Å². The Kier molecular flexibility index (Phi) is 3.57. The number of quaternary nitrogens is 2. The molecular weight excluding hydrogens is 200 g/mol. The zero-order valence-electron chi connectivity index (χ0n) is 11.2. The summed E-state index contributed by atoms with van der Waals surface area (Å²) in [5, 5.41) is 0. The quantitative estimate of drug-likeness (QED) is 0.669. The van der Waals surface area contributed by atoms with E-state index in [-0.39, 0.29) is 0 Å². The lowest BCUT2D eigenvalue weighted by molar-refractivity contribution is -1.50. The molecule has 0 saturated carbocycles. The van der Waals surface area contributed by atoms with E-state index in [2.05, 4.69) is 20.8 Å². The molecule has 16 heavy (non-hydrogen) atoms. The van der Waals surface area contributed by atoms with E-state index in [0.717, 1.165) is 19.3 Å². The van der Waals surface area contributed by atoms with Crippen LogP contribution in [0.2, 0.25) is 0 Å². The minimum Gasteiger partial charge on any atom is -0.369 e. The lowest BCUT2D eigenvalue weighted by Crippen LogP contribution is -2.76. The lowest BCUT2D eigenvalue weighted by Gasteiger charge is -2.54. The molecule has 3 heteroatoms. The SMILES string of the molecule is CC[N+]1([N+]2(C(C)C)CCCC2)CCOCC1. The summed E-state index contributed by atoms with van der Waals surface area (Å²) in [4.78, 5) is 0. The monoisotopic (exact) mass is 228 g/mol. The molecule has 0 bridgehead atoms. The topological polar surface area (TPSA) is 9.23 Å². The zero-order valence-corrected chi connectivity index (χ0v) is 11.2. The van der Waals surface area contributed by atoms with Gasteiger partial charge >= 0.3 is 0 Å². The van der Waals surface area contributed by atoms with Gasteiger partial charge in [0.1, 0.15) is 52.0 Å². The highest BCUT2D eigenvalue weighted by molar-refractivity contribution is 4.56. The Morgan fingerprint density at radius 3 is 2.00 bits per heavy atom. The fourth-order valence-corrected chi connectivity index (χ4v) is 3.99. The predicted molar refractivity (Wildman–Crippen MR) is 65.7 cm³/mol. The molecule has 0 spiro atoms. The van der Waals surface area contributed by atoms with Crippen LogP contribution in [-0.2, 0) is 4.74 Å². The van der Waals surface area contributed by atoms with Gasteiger partial charge in [-0.25, -0.2) is 0 Å². The Hall–Kier alpha value is -0.120. The van der Waals surface area contributed by atoms with Gasteiger partial charge < -0.3 is 4.74 Å². The number of morpholine rings is 1. The molecule has 0 aromatic rings. The van der Waals surface area contributed by atoms with E-state index in [1.54, 1.807) is 0 Å². The highest BCUT2D eigenvalue weighted by Crippen LogP contribution is 2.34. The van der Waals surface area contributed by atoms with Crippen LogP contribution in [0.3, 0.4) is 0 Å². The smallest absolute Gasteiger partial charge is 0.146 e. The molecule has 0 unspecified atom stereocenters. The molecule has 2 aliphatic heterocycles. The zero-order chi connectivity index (χ0) is 11.6. The molecule has 3 nitrogen and oxygen atoms in total. The molecule has 2 aliphatic rings. The first-order valence-corrected chi connectivity index (χ1v) is 6.98. The van der Waals surface area contributed by atoms with Crippen molar-refractivity contribution in [3.8, 4) is 0 Å². The van der Waals surface area contributed by atoms with Gasteiger partial charge in [0.05, 0.1) is 0 Å². The fourth-order valence-electron chi connectivity index (χ4n) is 3.99. The number of nitrogens with zero attached hydrogens (tertiary/aromatic N) is 2. The molecule has 0 amide bonds. The largest absolute Gasteiger partial charge is 0.369 e. The molecule has 0 N–H and O–H groups in total. The van der Waals surface area contributed by atoms with Crippen LogP contribution >= 0.6 is 0 Å². The van der Waals surface area contributed by atoms with E-state index in [9.17, 15) is 0 Å². The third-order valence-corrected chi connectivity index (χ3v) is 5.04. The predicted octanol–water partition coefficient (Wildman–Crippen LogP) is 1.79. The minimum absolute atomic E-state index is 0.751. The molecule has 0 aromatic heterocycles. The Bertz CT molecular complexity index is 228. The van der Waals surface area contributed by atoms with Crippen molar-refractivity contribution in [2.75, 3.05) is 45.9 Å². The van der Waals surface area contributed by atoms with Gasteiger partial charge in [-0.2, -0.15) is 9.18 Å². The third kappa shape index (κ3) is 1.69. The lowest BCUT2D eigenvalue weighted by atomic mass is 10.2. The van der Waals surface area contributed by atoms with E-state index in [1.165, 1.54) is 54.7 Å². The number of rotatable bonds is 3. The van der Waals surface area contributed by atoms with Gasteiger partial charge in [-0.15, -0.1) is 0 Å². The Labute approximate surface area is 100 Å². The molecule has 0 radical (unpaired) electrons. The van der Waals surface area contributed by atoms with Gasteiger partial charge in [0, 0.05) is 12.8 Å². The summed E-state index contributed by atoms with van der Waals surface area (Å²) in [5.41, 5.74) is 0. The summed E-state index contributed by atoms with van der Waals surface area (Å²) in [5.74, 6) is 0. The molecule has 2 rings (SSSR count). The number of likely N-dealkylation sites (N-methyl/N-ethyl adjacent to an activating group) is 1. The second kappa shape index (κ2) is 4.63. The number of likely N-dealkylation sites (tertiary alicyclic amines) is 1. The molecule has 2 heterocycles. The number of ether oxygens (including phenoxy) is 1. The van der Waals surface area contributed by atoms with Crippen molar-refractivity contribution < 1.29 is 13.9 Å². The molecule has 94 valence electrons. The van der Waals surface area contributed by atoms with E-state index in [4.69, 9.17) is 4.74 Å². The van der Waals surface area contributed by atoms with E-state index < -0.39 is 0 Å². The highest BCUT2D eigenvalue weighted by atomic mass is 16.5. The maximum absolute atomic E-state index is 5.59. The first kappa shape index (κ1) is 12.3. The standard InChI is InChI=1S/C13H28N2O/c1-4-14(9-11-16-12-10-14)15(13(2)3)7-5-6-8-15/h13H,4-12H2,1-3H3/q+2. The van der Waals surface area contributed by atoms with Gasteiger partial charge in [0.25, 0.3) is 0 Å². The van der Waals surface area contributed by atoms with Gasteiger partial charge in [0.15, 0.2) is 0 Å². The fraction of sp³-hybridized carbons (Fsp3) is 1.00. The molecule has 0 atom stereocenters. The van der Waals surface area contributed by atoms with Crippen LogP contribution in [0, 0.1) is 0 Å². The van der Waals surface area contributed by atoms with E-state index in [0.29, 0.717) is 0 Å². The molecule has 0 aliphatic carbocycles. The summed E-state index contributed by atoms with van der Waals surface area (Å²) in [6.07, 6.45) is 2.83. The van der Waals surface area contributed by atoms with Crippen LogP contribution in [-0.4, -0.2) is 61.2 Å². The highest BCUT2D eigenvalue weighted by Gasteiger charge is 2.53. The Balaban J connectivity index is 2.28. The van der Waals surface area contributed by atoms with Gasteiger partial charge in [-0.05, 0) is 20.8 Å². The Morgan fingerprint density at radius 2 is 1.56 bits per heavy atom. The van der Waals surface area contributed by atoms with Crippen LogP contribution in [0.15, 0.2) is 0 Å². The summed E-state index contributed by atoms with van der Waals surface area (Å²) in [6, 6.07) is 0.751. The van der Waals surface area contributed by atoms with E-state index >= 15 is 0 Å². The Morgan fingerprint density at radius 1 is 1.00 bits per heavy atom. The van der Waals surface area contributed by atoms with Crippen LogP contribution in [0.5, 0.6) is 0 Å². The maximum atomic E-state index is 5.59. The maximum Gasteiger partial charge on any atom is 0.146 e. The van der Waals surface area contributed by atoms with Crippen LogP contribution < -0.4 is 0 Å². The first-order valence-electron chi connectivity index (χ1n) is 6.98. The summed E-state index contributed by atoms with van der Waals surface area (Å²) < 4.78 is 8.18. The molecule has 2 fully saturated rings. The van der Waals surface area contributed by atoms with E-state index in [1.807, 2.05) is 0 Å². The van der Waals surface area contributed by atoms with Crippen molar-refractivity contribution in [2.24, 2.45) is 0 Å². The molecule has 2 saturated heterocycles. The van der Waals surface area contributed by atoms with Crippen molar-refractivity contribution in [3.05, 3.63) is 0 Å². The third-order valence-electron chi connectivity index (χ3n) is 5.04. The van der Waals surface area contributed by atoms with Gasteiger partial charge in [0.2, 0.25) is 0 Å². The van der Waals surface area contributed by atoms with Crippen molar-refractivity contribution in [1.82, 2.24) is 0 Å². The van der Waals surface area contributed by atoms with Crippen LogP contribution in [0.4, 0.5) is 0 Å². The second-order valence-electron chi connectivity index (χ2n) is 5.71. The van der Waals surface area contributed by atoms with Crippen LogP contribution in [0.1, 0.15) is 33.6 Å². The van der Waals surface area contributed by atoms with Crippen molar-refractivity contribution >= 4 is 0 Å². The minimum atomic E-state index is 0.751. The number of hydrogen-bond acceptors (Lipinski definition) is 1. The second-order valence-corrected chi connectivity index (χ2v) is 5.71. The van der Waals surface area contributed by atoms with Gasteiger partial charge in [-0.1, -0.05) is 0 Å². The molecular formula is C13H28N2O+2. The normalized spacial score (nSPS) is 28.5. The van der Waals surface area contributed by atoms with Crippen molar-refractivity contribution in [1.29, 1.82) is 0 Å². The first-order chi connectivity index (χ1) is 7.67. The van der Waals surface area contributed by atoms with Gasteiger partial charge in [-0.3, -0.25) is 0 Å². The van der Waals surface area contributed by atoms with Crippen molar-refractivity contribution in [2.45, 2.75) is 39.7 Å².